The van der Waals surface area contributed by atoms with Gasteiger partial charge in [0, 0.05) is 18.6 Å². The minimum atomic E-state index is -0.832. The van der Waals surface area contributed by atoms with Crippen molar-refractivity contribution >= 4 is 29.4 Å². The van der Waals surface area contributed by atoms with Gasteiger partial charge < -0.3 is 10.2 Å². The molecule has 0 radical (unpaired) electrons. The molecule has 140 valence electrons. The first-order chi connectivity index (χ1) is 12.3. The summed E-state index contributed by atoms with van der Waals surface area (Å²) in [6, 6.07) is 6.79. The van der Waals surface area contributed by atoms with Gasteiger partial charge in [0.2, 0.25) is 5.91 Å². The summed E-state index contributed by atoms with van der Waals surface area (Å²) in [5.41, 5.74) is 0.0594. The van der Waals surface area contributed by atoms with Crippen molar-refractivity contribution in [2.45, 2.75) is 44.7 Å². The highest BCUT2D eigenvalue weighted by atomic mass is 35.5. The molecule has 6 nitrogen and oxygen atoms in total. The Bertz CT molecular complexity index is 738. The molecular formula is C19H24ClN3O3. The molecule has 4 amide bonds. The highest BCUT2D eigenvalue weighted by molar-refractivity contribution is 6.30. The number of hydrogen-bond acceptors (Lipinski definition) is 3. The van der Waals surface area contributed by atoms with E-state index in [1.807, 2.05) is 19.1 Å². The second-order valence-corrected chi connectivity index (χ2v) is 7.76. The fourth-order valence-corrected chi connectivity index (χ4v) is 4.11. The van der Waals surface area contributed by atoms with Crippen LogP contribution in [0.25, 0.3) is 0 Å². The molecule has 26 heavy (non-hydrogen) atoms. The minimum Gasteiger partial charge on any atom is -0.340 e. The van der Waals surface area contributed by atoms with Crippen molar-refractivity contribution in [3.8, 4) is 0 Å². The lowest BCUT2D eigenvalue weighted by molar-refractivity contribution is -0.140. The number of halogens is 1. The van der Waals surface area contributed by atoms with Gasteiger partial charge in [-0.1, -0.05) is 43.5 Å². The third-order valence-corrected chi connectivity index (χ3v) is 5.76. The van der Waals surface area contributed by atoms with Crippen LogP contribution in [0.2, 0.25) is 5.02 Å². The molecule has 0 bridgehead atoms. The Morgan fingerprint density at radius 2 is 2.15 bits per heavy atom. The van der Waals surface area contributed by atoms with Crippen molar-refractivity contribution in [1.82, 2.24) is 15.1 Å². The Labute approximate surface area is 158 Å². The van der Waals surface area contributed by atoms with E-state index in [1.165, 1.54) is 4.90 Å². The van der Waals surface area contributed by atoms with Gasteiger partial charge >= 0.3 is 6.03 Å². The number of amides is 4. The molecule has 1 heterocycles. The maximum atomic E-state index is 12.9. The molecule has 1 aliphatic carbocycles. The van der Waals surface area contributed by atoms with E-state index in [-0.39, 0.29) is 24.3 Å². The Morgan fingerprint density at radius 3 is 2.85 bits per heavy atom. The van der Waals surface area contributed by atoms with Gasteiger partial charge in [0.05, 0.1) is 0 Å². The number of likely N-dealkylation sites (N-methyl/N-ethyl adjacent to an activating group) is 1. The van der Waals surface area contributed by atoms with Crippen LogP contribution < -0.4 is 5.32 Å². The maximum absolute atomic E-state index is 12.9. The van der Waals surface area contributed by atoms with Crippen LogP contribution in [-0.2, 0) is 16.1 Å². The molecule has 0 aromatic heterocycles. The summed E-state index contributed by atoms with van der Waals surface area (Å²) in [5, 5.41) is 3.47. The summed E-state index contributed by atoms with van der Waals surface area (Å²) in [4.78, 5) is 40.4. The lowest BCUT2D eigenvalue weighted by atomic mass is 9.73. The van der Waals surface area contributed by atoms with E-state index in [0.29, 0.717) is 18.0 Å². The quantitative estimate of drug-likeness (QED) is 0.820. The van der Waals surface area contributed by atoms with Crippen molar-refractivity contribution in [2.24, 2.45) is 5.92 Å². The molecule has 7 heteroatoms. The number of carbonyl (C=O) groups is 3. The molecule has 1 saturated heterocycles. The van der Waals surface area contributed by atoms with Crippen molar-refractivity contribution in [3.05, 3.63) is 34.9 Å². The highest BCUT2D eigenvalue weighted by Crippen LogP contribution is 2.38. The first-order valence-electron chi connectivity index (χ1n) is 8.96. The van der Waals surface area contributed by atoms with Gasteiger partial charge in [-0.05, 0) is 36.5 Å². The van der Waals surface area contributed by atoms with Gasteiger partial charge in [-0.2, -0.15) is 0 Å². The Hall–Kier alpha value is -2.08. The molecular weight excluding hydrogens is 354 g/mol. The largest absolute Gasteiger partial charge is 0.340 e. The number of nitrogens with one attached hydrogen (secondary N) is 1. The third kappa shape index (κ3) is 3.43. The average Bonchev–Trinajstić information content (AvgIpc) is 2.82. The fraction of sp³-hybridized carbons (Fsp3) is 0.526. The SMILES string of the molecule is CC1CCCCC12NC(=O)N(CC(=O)N(C)Cc1cccc(Cl)c1)C2=O. The zero-order valence-electron chi connectivity index (χ0n) is 15.1. The predicted molar refractivity (Wildman–Crippen MR) is 98.5 cm³/mol. The van der Waals surface area contributed by atoms with Gasteiger partial charge in [-0.25, -0.2) is 4.79 Å². The Morgan fingerprint density at radius 1 is 1.38 bits per heavy atom. The van der Waals surface area contributed by atoms with Gasteiger partial charge in [0.1, 0.15) is 12.1 Å². The van der Waals surface area contributed by atoms with Crippen LogP contribution in [0.15, 0.2) is 24.3 Å². The van der Waals surface area contributed by atoms with Crippen molar-refractivity contribution < 1.29 is 14.4 Å². The van der Waals surface area contributed by atoms with Crippen LogP contribution in [0.5, 0.6) is 0 Å². The predicted octanol–water partition coefficient (Wildman–Crippen LogP) is 2.80. The average molecular weight is 378 g/mol. The number of urea groups is 1. The fourth-order valence-electron chi connectivity index (χ4n) is 3.89. The number of benzene rings is 1. The molecule has 3 rings (SSSR count). The topological polar surface area (TPSA) is 69.7 Å². The van der Waals surface area contributed by atoms with E-state index >= 15 is 0 Å². The van der Waals surface area contributed by atoms with Gasteiger partial charge in [-0.3, -0.25) is 14.5 Å². The molecule has 2 aliphatic rings. The van der Waals surface area contributed by atoms with Crippen molar-refractivity contribution in [3.63, 3.8) is 0 Å². The molecule has 1 saturated carbocycles. The standard InChI is InChI=1S/C19H24ClN3O3/c1-13-6-3-4-9-19(13)17(25)23(18(26)21-19)12-16(24)22(2)11-14-7-5-8-15(20)10-14/h5,7-8,10,13H,3-4,6,9,11-12H2,1-2H3,(H,21,26). The van der Waals surface area contributed by atoms with E-state index in [9.17, 15) is 14.4 Å². The monoisotopic (exact) mass is 377 g/mol. The Kier molecular flexibility index (Phi) is 5.23. The van der Waals surface area contributed by atoms with E-state index in [2.05, 4.69) is 5.32 Å². The summed E-state index contributed by atoms with van der Waals surface area (Å²) in [7, 11) is 1.65. The first-order valence-corrected chi connectivity index (χ1v) is 9.34. The molecule has 1 aliphatic heterocycles. The number of carbonyl (C=O) groups excluding carboxylic acids is 3. The summed E-state index contributed by atoms with van der Waals surface area (Å²) in [5.74, 6) is -0.467. The van der Waals surface area contributed by atoms with E-state index in [0.717, 1.165) is 29.7 Å². The number of imide groups is 1. The summed E-state index contributed by atoms with van der Waals surface area (Å²) >= 11 is 5.97. The van der Waals surface area contributed by atoms with Gasteiger partial charge in [0.15, 0.2) is 0 Å². The van der Waals surface area contributed by atoms with Crippen molar-refractivity contribution in [2.75, 3.05) is 13.6 Å². The van der Waals surface area contributed by atoms with Crippen LogP contribution in [0.1, 0.15) is 38.2 Å². The van der Waals surface area contributed by atoms with Crippen molar-refractivity contribution in [1.29, 1.82) is 0 Å². The molecule has 1 aromatic carbocycles. The lowest BCUT2D eigenvalue weighted by Crippen LogP contribution is -2.54. The van der Waals surface area contributed by atoms with Gasteiger partial charge in [-0.15, -0.1) is 0 Å². The van der Waals surface area contributed by atoms with Crippen LogP contribution in [0, 0.1) is 5.92 Å². The van der Waals surface area contributed by atoms with Gasteiger partial charge in [0.25, 0.3) is 5.91 Å². The minimum absolute atomic E-state index is 0.0805. The zero-order chi connectivity index (χ0) is 18.9. The van der Waals surface area contributed by atoms with E-state index < -0.39 is 11.6 Å². The lowest BCUT2D eigenvalue weighted by Gasteiger charge is -2.36. The smallest absolute Gasteiger partial charge is 0.325 e. The molecule has 2 fully saturated rings. The molecule has 1 spiro atoms. The second kappa shape index (κ2) is 7.27. The summed E-state index contributed by atoms with van der Waals surface area (Å²) in [6.07, 6.45) is 3.52. The maximum Gasteiger partial charge on any atom is 0.325 e. The van der Waals surface area contributed by atoms with Crippen LogP contribution in [-0.4, -0.2) is 46.8 Å². The normalized spacial score (nSPS) is 25.5. The molecule has 1 aromatic rings. The summed E-state index contributed by atoms with van der Waals surface area (Å²) in [6.45, 7) is 2.12. The zero-order valence-corrected chi connectivity index (χ0v) is 15.9. The van der Waals surface area contributed by atoms with Crippen LogP contribution >= 0.6 is 11.6 Å². The molecule has 1 N–H and O–H groups in total. The molecule has 2 atom stereocenters. The number of nitrogens with zero attached hydrogens (tertiary/aromatic N) is 2. The van der Waals surface area contributed by atoms with Crippen LogP contribution in [0.3, 0.4) is 0 Å². The third-order valence-electron chi connectivity index (χ3n) is 5.53. The number of hydrogen-bond donors (Lipinski definition) is 1. The summed E-state index contributed by atoms with van der Waals surface area (Å²) < 4.78 is 0. The Balaban J connectivity index is 1.67. The second-order valence-electron chi connectivity index (χ2n) is 7.32. The first kappa shape index (κ1) is 18.7. The molecule has 2 unspecified atom stereocenters. The number of rotatable bonds is 4. The van der Waals surface area contributed by atoms with E-state index in [1.54, 1.807) is 19.2 Å². The van der Waals surface area contributed by atoms with E-state index in [4.69, 9.17) is 11.6 Å². The van der Waals surface area contributed by atoms with Crippen LogP contribution in [0.4, 0.5) is 4.79 Å². The highest BCUT2D eigenvalue weighted by Gasteiger charge is 2.55.